The number of hydrogen-bond acceptors (Lipinski definition) is 8. The van der Waals surface area contributed by atoms with Gasteiger partial charge in [-0.05, 0) is 31.2 Å². The number of benzene rings is 2. The van der Waals surface area contributed by atoms with Crippen molar-refractivity contribution >= 4 is 44.4 Å². The fourth-order valence-electron chi connectivity index (χ4n) is 3.64. The predicted octanol–water partition coefficient (Wildman–Crippen LogP) is 4.08. The first kappa shape index (κ1) is 23.8. The molecule has 1 saturated heterocycles. The van der Waals surface area contributed by atoms with E-state index in [1.165, 1.54) is 16.9 Å². The minimum absolute atomic E-state index is 0.0332. The number of aromatic nitrogens is 1. The Bertz CT molecular complexity index is 1040. The van der Waals surface area contributed by atoms with E-state index in [1.807, 2.05) is 12.1 Å². The zero-order valence-corrected chi connectivity index (χ0v) is 20.8. The first-order valence-corrected chi connectivity index (χ1v) is 12.7. The van der Waals surface area contributed by atoms with E-state index >= 15 is 0 Å². The predicted molar refractivity (Wildman–Crippen MR) is 134 cm³/mol. The maximum absolute atomic E-state index is 13.4. The van der Waals surface area contributed by atoms with Crippen LogP contribution in [0.3, 0.4) is 0 Å². The number of ether oxygens (including phenoxy) is 3. The summed E-state index contributed by atoms with van der Waals surface area (Å²) in [6, 6.07) is 12.0. The van der Waals surface area contributed by atoms with Crippen molar-refractivity contribution in [2.45, 2.75) is 11.8 Å². The standard InChI is InChI=1S/C24H29N3O4S2/c1-17-4-6-18(7-5-17)32-16-21(28)27(11-10-26-12-14-31-15-13-26)24-25-22-19(29-2)8-9-20(30-3)23(22)33-24/h4-9H,10-16H2,1-3H3. The van der Waals surface area contributed by atoms with Crippen LogP contribution in [0.15, 0.2) is 41.3 Å². The Morgan fingerprint density at radius 3 is 2.52 bits per heavy atom. The smallest absolute Gasteiger partial charge is 0.239 e. The fourth-order valence-corrected chi connectivity index (χ4v) is 5.53. The molecule has 2 aromatic carbocycles. The van der Waals surface area contributed by atoms with Crippen molar-refractivity contribution in [1.29, 1.82) is 0 Å². The van der Waals surface area contributed by atoms with Crippen LogP contribution in [0.25, 0.3) is 10.2 Å². The van der Waals surface area contributed by atoms with Crippen LogP contribution >= 0.6 is 23.1 Å². The molecule has 0 aliphatic carbocycles. The summed E-state index contributed by atoms with van der Waals surface area (Å²) in [7, 11) is 3.26. The third-order valence-electron chi connectivity index (χ3n) is 5.56. The van der Waals surface area contributed by atoms with E-state index in [0.717, 1.165) is 48.2 Å². The zero-order valence-electron chi connectivity index (χ0n) is 19.2. The highest BCUT2D eigenvalue weighted by Gasteiger charge is 2.24. The second-order valence-electron chi connectivity index (χ2n) is 7.75. The monoisotopic (exact) mass is 487 g/mol. The number of thiazole rings is 1. The Kier molecular flexibility index (Phi) is 8.08. The second kappa shape index (κ2) is 11.2. The quantitative estimate of drug-likeness (QED) is 0.422. The molecule has 0 atom stereocenters. The molecule has 2 heterocycles. The molecular formula is C24H29N3O4S2. The number of anilines is 1. The fraction of sp³-hybridized carbons (Fsp3) is 0.417. The highest BCUT2D eigenvalue weighted by molar-refractivity contribution is 8.00. The molecule has 3 aromatic rings. The van der Waals surface area contributed by atoms with Gasteiger partial charge in [-0.25, -0.2) is 4.98 Å². The van der Waals surface area contributed by atoms with Gasteiger partial charge in [-0.2, -0.15) is 0 Å². The van der Waals surface area contributed by atoms with Crippen molar-refractivity contribution in [3.05, 3.63) is 42.0 Å². The maximum atomic E-state index is 13.4. The first-order chi connectivity index (χ1) is 16.1. The van der Waals surface area contributed by atoms with Crippen molar-refractivity contribution in [2.24, 2.45) is 0 Å². The largest absolute Gasteiger partial charge is 0.495 e. The number of rotatable bonds is 9. The van der Waals surface area contributed by atoms with Crippen molar-refractivity contribution in [1.82, 2.24) is 9.88 Å². The number of nitrogens with zero attached hydrogens (tertiary/aromatic N) is 3. The van der Waals surface area contributed by atoms with E-state index in [4.69, 9.17) is 19.2 Å². The van der Waals surface area contributed by atoms with Crippen molar-refractivity contribution in [3.8, 4) is 11.5 Å². The average molecular weight is 488 g/mol. The minimum atomic E-state index is 0.0332. The van der Waals surface area contributed by atoms with E-state index in [9.17, 15) is 4.79 Å². The first-order valence-electron chi connectivity index (χ1n) is 10.9. The molecule has 33 heavy (non-hydrogen) atoms. The van der Waals surface area contributed by atoms with Crippen LogP contribution in [0, 0.1) is 6.92 Å². The maximum Gasteiger partial charge on any atom is 0.239 e. The van der Waals surface area contributed by atoms with Gasteiger partial charge in [0.25, 0.3) is 0 Å². The van der Waals surface area contributed by atoms with Gasteiger partial charge in [0.2, 0.25) is 5.91 Å². The lowest BCUT2D eigenvalue weighted by Crippen LogP contribution is -2.43. The van der Waals surface area contributed by atoms with E-state index in [1.54, 1.807) is 30.9 Å². The van der Waals surface area contributed by atoms with Gasteiger partial charge in [0.1, 0.15) is 21.7 Å². The summed E-state index contributed by atoms with van der Waals surface area (Å²) in [5.74, 6) is 1.77. The summed E-state index contributed by atoms with van der Waals surface area (Å²) in [6.45, 7) is 6.61. The van der Waals surface area contributed by atoms with Gasteiger partial charge in [-0.1, -0.05) is 29.0 Å². The SMILES string of the molecule is COc1ccc(OC)c2sc(N(CCN3CCOCC3)C(=O)CSc3ccc(C)cc3)nc12. The molecule has 1 aliphatic rings. The number of aryl methyl sites for hydroxylation is 1. The minimum Gasteiger partial charge on any atom is -0.495 e. The molecule has 9 heteroatoms. The summed E-state index contributed by atoms with van der Waals surface area (Å²) in [6.07, 6.45) is 0. The second-order valence-corrected chi connectivity index (χ2v) is 9.77. The van der Waals surface area contributed by atoms with Crippen LogP contribution in [0.1, 0.15) is 5.56 Å². The Hall–Kier alpha value is -2.33. The molecule has 0 bridgehead atoms. The van der Waals surface area contributed by atoms with Gasteiger partial charge in [0.15, 0.2) is 5.13 Å². The molecular weight excluding hydrogens is 458 g/mol. The van der Waals surface area contributed by atoms with Gasteiger partial charge in [-0.15, -0.1) is 11.8 Å². The molecule has 0 radical (unpaired) electrons. The third kappa shape index (κ3) is 5.78. The molecule has 1 aromatic heterocycles. The van der Waals surface area contributed by atoms with Gasteiger partial charge in [-0.3, -0.25) is 14.6 Å². The Morgan fingerprint density at radius 1 is 1.12 bits per heavy atom. The van der Waals surface area contributed by atoms with E-state index in [-0.39, 0.29) is 5.91 Å². The number of hydrogen-bond donors (Lipinski definition) is 0. The summed E-state index contributed by atoms with van der Waals surface area (Å²) < 4.78 is 17.4. The van der Waals surface area contributed by atoms with Crippen molar-refractivity contribution < 1.29 is 19.0 Å². The van der Waals surface area contributed by atoms with Crippen LogP contribution in [-0.2, 0) is 9.53 Å². The molecule has 1 amide bonds. The normalized spacial score (nSPS) is 14.4. The van der Waals surface area contributed by atoms with E-state index < -0.39 is 0 Å². The topological polar surface area (TPSA) is 64.1 Å². The number of thioether (sulfide) groups is 1. The molecule has 176 valence electrons. The molecule has 7 nitrogen and oxygen atoms in total. The number of morpholine rings is 1. The average Bonchev–Trinajstić information content (AvgIpc) is 3.29. The molecule has 1 aliphatic heterocycles. The number of carbonyl (C=O) groups is 1. The van der Waals surface area contributed by atoms with Gasteiger partial charge >= 0.3 is 0 Å². The van der Waals surface area contributed by atoms with Crippen LogP contribution in [-0.4, -0.2) is 75.2 Å². The lowest BCUT2D eigenvalue weighted by Gasteiger charge is -2.29. The lowest BCUT2D eigenvalue weighted by molar-refractivity contribution is -0.116. The Labute approximate surface area is 202 Å². The molecule has 0 spiro atoms. The number of carbonyl (C=O) groups excluding carboxylic acids is 1. The van der Waals surface area contributed by atoms with Crippen LogP contribution in [0.4, 0.5) is 5.13 Å². The molecule has 0 saturated carbocycles. The summed E-state index contributed by atoms with van der Waals surface area (Å²) in [5, 5.41) is 0.663. The third-order valence-corrected chi connectivity index (χ3v) is 7.65. The van der Waals surface area contributed by atoms with Gasteiger partial charge in [0, 0.05) is 31.1 Å². The van der Waals surface area contributed by atoms with Crippen molar-refractivity contribution in [2.75, 3.05) is 64.3 Å². The van der Waals surface area contributed by atoms with Crippen LogP contribution in [0.2, 0.25) is 0 Å². The van der Waals surface area contributed by atoms with E-state index in [2.05, 4.69) is 36.1 Å². The number of amides is 1. The zero-order chi connectivity index (χ0) is 23.2. The summed E-state index contributed by atoms with van der Waals surface area (Å²) in [5.41, 5.74) is 1.92. The van der Waals surface area contributed by atoms with Crippen LogP contribution in [0.5, 0.6) is 11.5 Å². The number of fused-ring (bicyclic) bond motifs is 1. The Morgan fingerprint density at radius 2 is 1.82 bits per heavy atom. The lowest BCUT2D eigenvalue weighted by atomic mass is 10.2. The number of methoxy groups -OCH3 is 2. The van der Waals surface area contributed by atoms with Crippen LogP contribution < -0.4 is 14.4 Å². The molecule has 0 N–H and O–H groups in total. The Balaban J connectivity index is 1.58. The summed E-state index contributed by atoms with van der Waals surface area (Å²) >= 11 is 3.01. The summed E-state index contributed by atoms with van der Waals surface area (Å²) in [4.78, 5) is 23.4. The molecule has 1 fully saturated rings. The van der Waals surface area contributed by atoms with Gasteiger partial charge < -0.3 is 14.2 Å². The highest BCUT2D eigenvalue weighted by Crippen LogP contribution is 2.40. The van der Waals surface area contributed by atoms with E-state index in [0.29, 0.717) is 28.7 Å². The van der Waals surface area contributed by atoms with Crippen molar-refractivity contribution in [3.63, 3.8) is 0 Å². The molecule has 0 unspecified atom stereocenters. The van der Waals surface area contributed by atoms with Gasteiger partial charge in [0.05, 0.1) is 33.2 Å². The molecule has 4 rings (SSSR count). The highest BCUT2D eigenvalue weighted by atomic mass is 32.2.